The Kier molecular flexibility index (Phi) is 7.88. The summed E-state index contributed by atoms with van der Waals surface area (Å²) in [4.78, 5) is 16.9. The molecule has 0 radical (unpaired) electrons. The van der Waals surface area contributed by atoms with Gasteiger partial charge in [-0.15, -0.1) is 0 Å². The maximum absolute atomic E-state index is 12.5. The van der Waals surface area contributed by atoms with Crippen LogP contribution in [0, 0.1) is 0 Å². The van der Waals surface area contributed by atoms with E-state index >= 15 is 0 Å². The number of likely N-dealkylation sites (tertiary alicyclic amines) is 1. The van der Waals surface area contributed by atoms with Gasteiger partial charge in [0.25, 0.3) is 0 Å². The molecule has 0 aromatic heterocycles. The van der Waals surface area contributed by atoms with Gasteiger partial charge in [-0.1, -0.05) is 37.6 Å². The molecule has 1 aromatic carbocycles. The summed E-state index contributed by atoms with van der Waals surface area (Å²) in [5.41, 5.74) is 2.44. The van der Waals surface area contributed by atoms with Crippen LogP contribution in [0.5, 0.6) is 0 Å². The maximum atomic E-state index is 12.5. The summed E-state index contributed by atoms with van der Waals surface area (Å²) in [5.74, 6) is 0.0998. The van der Waals surface area contributed by atoms with E-state index in [4.69, 9.17) is 0 Å². The minimum Gasteiger partial charge on any atom is -0.393 e. The summed E-state index contributed by atoms with van der Waals surface area (Å²) in [6, 6.07) is 8.25. The zero-order valence-corrected chi connectivity index (χ0v) is 15.9. The van der Waals surface area contributed by atoms with Crippen LogP contribution in [-0.2, 0) is 17.9 Å². The molecule has 1 aliphatic rings. The molecule has 1 fully saturated rings. The molecule has 25 heavy (non-hydrogen) atoms. The highest BCUT2D eigenvalue weighted by Gasteiger charge is 2.20. The van der Waals surface area contributed by atoms with Crippen LogP contribution < -0.4 is 5.32 Å². The van der Waals surface area contributed by atoms with Crippen LogP contribution in [0.25, 0.3) is 0 Å². The SMILES string of the molecule is CCCC(C(=O)NCc1ccccc1CN1CCC(O)CC1)N(C)C. The number of hydrogen-bond donors (Lipinski definition) is 2. The molecule has 1 aliphatic heterocycles. The molecule has 1 heterocycles. The lowest BCUT2D eigenvalue weighted by Gasteiger charge is -2.30. The predicted octanol–water partition coefficient (Wildman–Crippen LogP) is 1.99. The van der Waals surface area contributed by atoms with Gasteiger partial charge in [0.1, 0.15) is 0 Å². The molecule has 0 bridgehead atoms. The van der Waals surface area contributed by atoms with Crippen molar-refractivity contribution in [3.8, 4) is 0 Å². The van der Waals surface area contributed by atoms with Crippen LogP contribution in [0.15, 0.2) is 24.3 Å². The molecule has 1 amide bonds. The number of hydrogen-bond acceptors (Lipinski definition) is 4. The summed E-state index contributed by atoms with van der Waals surface area (Å²) < 4.78 is 0. The van der Waals surface area contributed by atoms with Gasteiger partial charge in [0.15, 0.2) is 0 Å². The van der Waals surface area contributed by atoms with Crippen molar-refractivity contribution in [2.75, 3.05) is 27.2 Å². The standard InChI is InChI=1S/C20H33N3O2/c1-4-7-19(22(2)3)20(25)21-14-16-8-5-6-9-17(16)15-23-12-10-18(24)11-13-23/h5-6,8-9,18-19,24H,4,7,10-15H2,1-3H3,(H,21,25). The highest BCUT2D eigenvalue weighted by Crippen LogP contribution is 2.16. The zero-order chi connectivity index (χ0) is 18.2. The van der Waals surface area contributed by atoms with Crippen molar-refractivity contribution in [3.05, 3.63) is 35.4 Å². The molecule has 0 aliphatic carbocycles. The van der Waals surface area contributed by atoms with E-state index in [2.05, 4.69) is 35.3 Å². The Balaban J connectivity index is 1.94. The average molecular weight is 348 g/mol. The number of aliphatic hydroxyl groups excluding tert-OH is 1. The van der Waals surface area contributed by atoms with Crippen molar-refractivity contribution in [2.24, 2.45) is 0 Å². The Hall–Kier alpha value is -1.43. The average Bonchev–Trinajstić information content (AvgIpc) is 2.60. The molecule has 0 spiro atoms. The van der Waals surface area contributed by atoms with E-state index in [1.54, 1.807) is 0 Å². The molecule has 1 atom stereocenters. The predicted molar refractivity (Wildman–Crippen MR) is 101 cm³/mol. The highest BCUT2D eigenvalue weighted by atomic mass is 16.3. The van der Waals surface area contributed by atoms with Crippen molar-refractivity contribution in [1.29, 1.82) is 0 Å². The summed E-state index contributed by atoms with van der Waals surface area (Å²) in [6.07, 6.45) is 3.41. The molecule has 1 saturated heterocycles. The van der Waals surface area contributed by atoms with Gasteiger partial charge in [-0.3, -0.25) is 14.6 Å². The van der Waals surface area contributed by atoms with Crippen LogP contribution in [0.4, 0.5) is 0 Å². The van der Waals surface area contributed by atoms with Crippen molar-refractivity contribution < 1.29 is 9.90 Å². The Morgan fingerprint density at radius 2 is 1.92 bits per heavy atom. The van der Waals surface area contributed by atoms with E-state index in [-0.39, 0.29) is 18.1 Å². The second kappa shape index (κ2) is 9.90. The van der Waals surface area contributed by atoms with Gasteiger partial charge in [-0.25, -0.2) is 0 Å². The number of carbonyl (C=O) groups is 1. The fourth-order valence-corrected chi connectivity index (χ4v) is 3.40. The molecule has 2 N–H and O–H groups in total. The van der Waals surface area contributed by atoms with Crippen molar-refractivity contribution in [1.82, 2.24) is 15.1 Å². The van der Waals surface area contributed by atoms with Gasteiger partial charge >= 0.3 is 0 Å². The first-order chi connectivity index (χ1) is 12.0. The normalized spacial score (nSPS) is 17.6. The van der Waals surface area contributed by atoms with E-state index in [1.807, 2.05) is 25.1 Å². The number of aliphatic hydroxyl groups is 1. The summed E-state index contributed by atoms with van der Waals surface area (Å²) >= 11 is 0. The zero-order valence-electron chi connectivity index (χ0n) is 15.9. The lowest BCUT2D eigenvalue weighted by atomic mass is 10.0. The fourth-order valence-electron chi connectivity index (χ4n) is 3.40. The molecule has 5 nitrogen and oxygen atoms in total. The number of benzene rings is 1. The first kappa shape index (κ1) is 19.9. The molecule has 2 rings (SSSR count). The van der Waals surface area contributed by atoms with Crippen LogP contribution in [-0.4, -0.2) is 60.1 Å². The number of nitrogens with zero attached hydrogens (tertiary/aromatic N) is 2. The van der Waals surface area contributed by atoms with Crippen molar-refractivity contribution in [2.45, 2.75) is 57.8 Å². The lowest BCUT2D eigenvalue weighted by Crippen LogP contribution is -2.43. The molecule has 140 valence electrons. The minimum atomic E-state index is -0.146. The maximum Gasteiger partial charge on any atom is 0.237 e. The third-order valence-corrected chi connectivity index (χ3v) is 5.01. The minimum absolute atomic E-state index is 0.0688. The summed E-state index contributed by atoms with van der Waals surface area (Å²) in [7, 11) is 3.91. The molecule has 1 aromatic rings. The number of piperidine rings is 1. The molecule has 1 unspecified atom stereocenters. The second-order valence-electron chi connectivity index (χ2n) is 7.26. The van der Waals surface area contributed by atoms with Gasteiger partial charge < -0.3 is 10.4 Å². The van der Waals surface area contributed by atoms with Gasteiger partial charge in [0.05, 0.1) is 12.1 Å². The van der Waals surface area contributed by atoms with E-state index < -0.39 is 0 Å². The van der Waals surface area contributed by atoms with Crippen LogP contribution in [0.3, 0.4) is 0 Å². The van der Waals surface area contributed by atoms with Crippen molar-refractivity contribution >= 4 is 5.91 Å². The monoisotopic (exact) mass is 347 g/mol. The number of nitrogens with one attached hydrogen (secondary N) is 1. The lowest BCUT2D eigenvalue weighted by molar-refractivity contribution is -0.126. The Morgan fingerprint density at radius 3 is 2.52 bits per heavy atom. The van der Waals surface area contributed by atoms with E-state index in [1.165, 1.54) is 11.1 Å². The van der Waals surface area contributed by atoms with Gasteiger partial charge in [0.2, 0.25) is 5.91 Å². The van der Waals surface area contributed by atoms with Gasteiger partial charge in [0, 0.05) is 26.2 Å². The largest absolute Gasteiger partial charge is 0.393 e. The van der Waals surface area contributed by atoms with Gasteiger partial charge in [-0.05, 0) is 44.5 Å². The third kappa shape index (κ3) is 6.10. The summed E-state index contributed by atoms with van der Waals surface area (Å²) in [6.45, 7) is 5.42. The van der Waals surface area contributed by atoms with Crippen LogP contribution in [0.2, 0.25) is 0 Å². The Bertz CT molecular complexity index is 539. The van der Waals surface area contributed by atoms with E-state index in [0.29, 0.717) is 6.54 Å². The van der Waals surface area contributed by atoms with E-state index in [0.717, 1.165) is 45.3 Å². The van der Waals surface area contributed by atoms with E-state index in [9.17, 15) is 9.90 Å². The molecule has 0 saturated carbocycles. The quantitative estimate of drug-likeness (QED) is 0.755. The fraction of sp³-hybridized carbons (Fsp3) is 0.650. The Morgan fingerprint density at radius 1 is 1.28 bits per heavy atom. The smallest absolute Gasteiger partial charge is 0.237 e. The molecule has 5 heteroatoms. The first-order valence-electron chi connectivity index (χ1n) is 9.42. The van der Waals surface area contributed by atoms with Crippen LogP contribution in [0.1, 0.15) is 43.7 Å². The second-order valence-corrected chi connectivity index (χ2v) is 7.26. The summed E-state index contributed by atoms with van der Waals surface area (Å²) in [5, 5.41) is 12.8. The highest BCUT2D eigenvalue weighted by molar-refractivity contribution is 5.81. The van der Waals surface area contributed by atoms with Crippen LogP contribution >= 0.6 is 0 Å². The first-order valence-corrected chi connectivity index (χ1v) is 9.42. The van der Waals surface area contributed by atoms with Crippen molar-refractivity contribution in [3.63, 3.8) is 0 Å². The molecular weight excluding hydrogens is 314 g/mol. The number of rotatable bonds is 8. The van der Waals surface area contributed by atoms with Gasteiger partial charge in [-0.2, -0.15) is 0 Å². The topological polar surface area (TPSA) is 55.8 Å². The number of likely N-dealkylation sites (N-methyl/N-ethyl adjacent to an activating group) is 1. The molecular formula is C20H33N3O2. The third-order valence-electron chi connectivity index (χ3n) is 5.01. The Labute approximate surface area is 152 Å². The number of amides is 1. The number of carbonyl (C=O) groups excluding carboxylic acids is 1.